The molecule has 0 fully saturated rings. The molecule has 0 spiro atoms. The topological polar surface area (TPSA) is 69.7 Å². The standard InChI is InChI=1S/C25H46O5/c1-3-5-7-9-11-12-14-16-18-20-25(28)30-22-23(26)21-29-24(27)19-17-15-13-10-8-6-4-2/h3-22H2,1-2H3. The molecule has 0 heterocycles. The Morgan fingerprint density at radius 2 is 0.767 bits per heavy atom. The van der Waals surface area contributed by atoms with Crippen molar-refractivity contribution in [2.24, 2.45) is 0 Å². The Hall–Kier alpha value is -1.39. The second-order valence-electron chi connectivity index (χ2n) is 8.31. The monoisotopic (exact) mass is 426 g/mol. The van der Waals surface area contributed by atoms with Gasteiger partial charge in [-0.15, -0.1) is 0 Å². The molecule has 0 aromatic carbocycles. The Kier molecular flexibility index (Phi) is 21.3. The average Bonchev–Trinajstić information content (AvgIpc) is 2.74. The maximum atomic E-state index is 11.7. The van der Waals surface area contributed by atoms with Crippen LogP contribution in [0.2, 0.25) is 0 Å². The van der Waals surface area contributed by atoms with E-state index in [1.165, 1.54) is 64.2 Å². The molecule has 0 aromatic rings. The second kappa shape index (κ2) is 22.3. The van der Waals surface area contributed by atoms with E-state index in [4.69, 9.17) is 9.47 Å². The van der Waals surface area contributed by atoms with Crippen LogP contribution >= 0.6 is 0 Å². The summed E-state index contributed by atoms with van der Waals surface area (Å²) in [5.41, 5.74) is 0. The van der Waals surface area contributed by atoms with Crippen molar-refractivity contribution >= 4 is 17.7 Å². The lowest BCUT2D eigenvalue weighted by Crippen LogP contribution is -2.20. The molecule has 0 aliphatic rings. The van der Waals surface area contributed by atoms with Crippen LogP contribution in [-0.2, 0) is 23.9 Å². The molecule has 176 valence electrons. The molecule has 0 aliphatic heterocycles. The number of unbranched alkanes of at least 4 members (excludes halogenated alkanes) is 14. The molecule has 0 saturated carbocycles. The highest BCUT2D eigenvalue weighted by atomic mass is 16.6. The molecule has 0 rings (SSSR count). The third-order valence-corrected chi connectivity index (χ3v) is 5.26. The van der Waals surface area contributed by atoms with Gasteiger partial charge in [-0.2, -0.15) is 0 Å². The van der Waals surface area contributed by atoms with E-state index in [1.807, 2.05) is 0 Å². The average molecular weight is 427 g/mol. The minimum Gasteiger partial charge on any atom is -0.458 e. The smallest absolute Gasteiger partial charge is 0.306 e. The van der Waals surface area contributed by atoms with Crippen molar-refractivity contribution in [1.82, 2.24) is 0 Å². The highest BCUT2D eigenvalue weighted by Gasteiger charge is 2.10. The molecule has 5 nitrogen and oxygen atoms in total. The van der Waals surface area contributed by atoms with E-state index in [9.17, 15) is 14.4 Å². The number of ether oxygens (including phenoxy) is 2. The van der Waals surface area contributed by atoms with Gasteiger partial charge in [0.25, 0.3) is 0 Å². The molecular formula is C25H46O5. The van der Waals surface area contributed by atoms with Crippen LogP contribution < -0.4 is 0 Å². The number of rotatable bonds is 22. The highest BCUT2D eigenvalue weighted by molar-refractivity contribution is 5.85. The number of hydrogen-bond acceptors (Lipinski definition) is 5. The summed E-state index contributed by atoms with van der Waals surface area (Å²) in [5, 5.41) is 0. The zero-order chi connectivity index (χ0) is 22.3. The molecule has 5 heteroatoms. The number of carbonyl (C=O) groups excluding carboxylic acids is 3. The van der Waals surface area contributed by atoms with Crippen LogP contribution in [0.1, 0.15) is 129 Å². The van der Waals surface area contributed by atoms with Gasteiger partial charge >= 0.3 is 11.9 Å². The first-order chi connectivity index (χ1) is 14.6. The summed E-state index contributed by atoms with van der Waals surface area (Å²) in [6.45, 7) is 3.80. The molecule has 0 unspecified atom stereocenters. The van der Waals surface area contributed by atoms with Gasteiger partial charge in [0.05, 0.1) is 0 Å². The number of Topliss-reactive ketones (excluding diaryl/α,β-unsaturated/α-hetero) is 1. The summed E-state index contributed by atoms with van der Waals surface area (Å²) in [6.07, 6.45) is 19.3. The van der Waals surface area contributed by atoms with E-state index < -0.39 is 0 Å². The van der Waals surface area contributed by atoms with Gasteiger partial charge in [0.2, 0.25) is 5.78 Å². The van der Waals surface area contributed by atoms with Gasteiger partial charge < -0.3 is 9.47 Å². The van der Waals surface area contributed by atoms with Crippen molar-refractivity contribution in [3.05, 3.63) is 0 Å². The molecule has 0 aliphatic carbocycles. The molecule has 0 atom stereocenters. The molecule has 0 radical (unpaired) electrons. The molecule has 0 bridgehead atoms. The fraction of sp³-hybridized carbons (Fsp3) is 0.880. The Morgan fingerprint density at radius 3 is 1.10 bits per heavy atom. The first kappa shape index (κ1) is 28.6. The van der Waals surface area contributed by atoms with E-state index in [2.05, 4.69) is 13.8 Å². The van der Waals surface area contributed by atoms with Crippen LogP contribution in [0.3, 0.4) is 0 Å². The van der Waals surface area contributed by atoms with Gasteiger partial charge in [0.15, 0.2) is 13.2 Å². The molecule has 0 aromatic heterocycles. The van der Waals surface area contributed by atoms with Crippen molar-refractivity contribution in [2.75, 3.05) is 13.2 Å². The number of hydrogen-bond donors (Lipinski definition) is 0. The molecular weight excluding hydrogens is 380 g/mol. The van der Waals surface area contributed by atoms with Gasteiger partial charge in [0.1, 0.15) is 0 Å². The zero-order valence-electron chi connectivity index (χ0n) is 19.7. The van der Waals surface area contributed by atoms with Crippen LogP contribution in [0.15, 0.2) is 0 Å². The van der Waals surface area contributed by atoms with E-state index in [-0.39, 0.29) is 30.9 Å². The summed E-state index contributed by atoms with van der Waals surface area (Å²) in [7, 11) is 0. The third-order valence-electron chi connectivity index (χ3n) is 5.26. The normalized spacial score (nSPS) is 10.7. The molecule has 0 N–H and O–H groups in total. The predicted octanol–water partition coefficient (Wildman–Crippen LogP) is 6.70. The van der Waals surface area contributed by atoms with Gasteiger partial charge in [-0.05, 0) is 12.8 Å². The quantitative estimate of drug-likeness (QED) is 0.142. The summed E-state index contributed by atoms with van der Waals surface area (Å²) >= 11 is 0. The van der Waals surface area contributed by atoms with E-state index in [0.29, 0.717) is 12.8 Å². The van der Waals surface area contributed by atoms with Gasteiger partial charge in [-0.1, -0.05) is 104 Å². The zero-order valence-corrected chi connectivity index (χ0v) is 19.7. The Labute approximate surface area is 184 Å². The molecule has 0 amide bonds. The van der Waals surface area contributed by atoms with Crippen molar-refractivity contribution in [1.29, 1.82) is 0 Å². The Morgan fingerprint density at radius 1 is 0.467 bits per heavy atom. The van der Waals surface area contributed by atoms with Gasteiger partial charge in [-0.3, -0.25) is 14.4 Å². The van der Waals surface area contributed by atoms with Crippen LogP contribution in [0.4, 0.5) is 0 Å². The molecule has 30 heavy (non-hydrogen) atoms. The highest BCUT2D eigenvalue weighted by Crippen LogP contribution is 2.11. The maximum Gasteiger partial charge on any atom is 0.306 e. The number of esters is 2. The Bertz CT molecular complexity index is 433. The van der Waals surface area contributed by atoms with Crippen LogP contribution in [0, 0.1) is 0 Å². The lowest BCUT2D eigenvalue weighted by Gasteiger charge is -2.06. The SMILES string of the molecule is CCCCCCCCCCCC(=O)OCC(=O)COC(=O)CCCCCCCCC. The third kappa shape index (κ3) is 21.3. The van der Waals surface area contributed by atoms with E-state index in [1.54, 1.807) is 0 Å². The van der Waals surface area contributed by atoms with Crippen molar-refractivity contribution in [3.8, 4) is 0 Å². The molecule has 0 saturated heterocycles. The predicted molar refractivity (Wildman–Crippen MR) is 121 cm³/mol. The number of carbonyl (C=O) groups is 3. The fourth-order valence-electron chi connectivity index (χ4n) is 3.31. The van der Waals surface area contributed by atoms with E-state index >= 15 is 0 Å². The number of ketones is 1. The Balaban J connectivity index is 3.47. The van der Waals surface area contributed by atoms with Crippen molar-refractivity contribution in [3.63, 3.8) is 0 Å². The largest absolute Gasteiger partial charge is 0.458 e. The van der Waals surface area contributed by atoms with Gasteiger partial charge in [0, 0.05) is 12.8 Å². The minimum atomic E-state index is -0.372. The lowest BCUT2D eigenvalue weighted by molar-refractivity contribution is -0.153. The van der Waals surface area contributed by atoms with E-state index in [0.717, 1.165) is 38.5 Å². The fourth-order valence-corrected chi connectivity index (χ4v) is 3.31. The van der Waals surface area contributed by atoms with Crippen LogP contribution in [0.5, 0.6) is 0 Å². The first-order valence-corrected chi connectivity index (χ1v) is 12.4. The summed E-state index contributed by atoms with van der Waals surface area (Å²) in [4.78, 5) is 35.0. The van der Waals surface area contributed by atoms with Crippen LogP contribution in [-0.4, -0.2) is 30.9 Å². The van der Waals surface area contributed by atoms with Crippen molar-refractivity contribution < 1.29 is 23.9 Å². The van der Waals surface area contributed by atoms with Crippen LogP contribution in [0.25, 0.3) is 0 Å². The first-order valence-electron chi connectivity index (χ1n) is 12.4. The van der Waals surface area contributed by atoms with Crippen molar-refractivity contribution in [2.45, 2.75) is 129 Å². The maximum absolute atomic E-state index is 11.7. The summed E-state index contributed by atoms with van der Waals surface area (Å²) in [5.74, 6) is -1.07. The van der Waals surface area contributed by atoms with Gasteiger partial charge in [-0.25, -0.2) is 0 Å². The minimum absolute atomic E-state index is 0.305. The lowest BCUT2D eigenvalue weighted by atomic mass is 10.1. The summed E-state index contributed by atoms with van der Waals surface area (Å²) < 4.78 is 9.94. The summed E-state index contributed by atoms with van der Waals surface area (Å²) in [6, 6.07) is 0. The second-order valence-corrected chi connectivity index (χ2v) is 8.31.